The minimum atomic E-state index is -0.0242. The van der Waals surface area contributed by atoms with Gasteiger partial charge in [0.2, 0.25) is 0 Å². The van der Waals surface area contributed by atoms with Crippen LogP contribution in [0.25, 0.3) is 0 Å². The molecule has 0 spiro atoms. The van der Waals surface area contributed by atoms with Crippen molar-refractivity contribution in [1.82, 2.24) is 4.90 Å². The number of hydrogen-bond donors (Lipinski definition) is 0. The average molecular weight is 372 g/mol. The van der Waals surface area contributed by atoms with Crippen LogP contribution in [0.4, 0.5) is 0 Å². The van der Waals surface area contributed by atoms with E-state index in [-0.39, 0.29) is 24.3 Å². The average Bonchev–Trinajstić information content (AvgIpc) is 2.62. The molecule has 0 saturated carbocycles. The number of rotatable bonds is 9. The molecule has 1 saturated heterocycles. The number of piperidine rings is 1. The Kier molecular flexibility index (Phi) is 10.3. The molecule has 2 rings (SSSR count). The van der Waals surface area contributed by atoms with Crippen molar-refractivity contribution in [2.75, 3.05) is 40.0 Å². The van der Waals surface area contributed by atoms with Crippen LogP contribution in [0.2, 0.25) is 0 Å². The Morgan fingerprint density at radius 3 is 2.60 bits per heavy atom. The Bertz CT molecular complexity index is 504. The van der Waals surface area contributed by atoms with E-state index in [2.05, 4.69) is 4.90 Å². The molecule has 1 aliphatic heterocycles. The second kappa shape index (κ2) is 12.0. The van der Waals surface area contributed by atoms with Gasteiger partial charge in [0, 0.05) is 6.07 Å². The molecule has 0 amide bonds. The van der Waals surface area contributed by atoms with Gasteiger partial charge in [0.05, 0.1) is 26.2 Å². The van der Waals surface area contributed by atoms with Crippen molar-refractivity contribution in [2.45, 2.75) is 32.6 Å². The summed E-state index contributed by atoms with van der Waals surface area (Å²) in [6, 6.07) is 7.69. The van der Waals surface area contributed by atoms with Gasteiger partial charge in [0.25, 0.3) is 0 Å². The number of unbranched alkanes of at least 4 members (excludes halogenated alkanes) is 1. The Balaban J connectivity index is 0.00000312. The van der Waals surface area contributed by atoms with E-state index in [9.17, 15) is 4.79 Å². The van der Waals surface area contributed by atoms with Crippen molar-refractivity contribution >= 4 is 18.4 Å². The quantitative estimate of drug-likeness (QED) is 0.490. The van der Waals surface area contributed by atoms with Crippen molar-refractivity contribution in [1.29, 1.82) is 0 Å². The van der Waals surface area contributed by atoms with Crippen LogP contribution in [0.5, 0.6) is 11.5 Å². The lowest BCUT2D eigenvalue weighted by atomic mass is 9.97. The molecule has 1 heterocycles. The second-order valence-corrected chi connectivity index (χ2v) is 6.10. The van der Waals surface area contributed by atoms with Gasteiger partial charge in [-0.25, -0.2) is 0 Å². The van der Waals surface area contributed by atoms with E-state index in [0.717, 1.165) is 56.8 Å². The monoisotopic (exact) mass is 371 g/mol. The maximum atomic E-state index is 11.7. The summed E-state index contributed by atoms with van der Waals surface area (Å²) < 4.78 is 16.0. The number of carbonyl (C=O) groups excluding carboxylic acids is 1. The van der Waals surface area contributed by atoms with E-state index in [1.807, 2.05) is 31.2 Å². The third-order valence-corrected chi connectivity index (χ3v) is 4.39. The molecule has 1 aromatic carbocycles. The molecule has 0 bridgehead atoms. The summed E-state index contributed by atoms with van der Waals surface area (Å²) in [6.07, 6.45) is 3.96. The molecule has 0 atom stereocenters. The van der Waals surface area contributed by atoms with E-state index < -0.39 is 0 Å². The Hall–Kier alpha value is -1.46. The van der Waals surface area contributed by atoms with Crippen LogP contribution >= 0.6 is 12.4 Å². The van der Waals surface area contributed by atoms with Crippen molar-refractivity contribution < 1.29 is 19.0 Å². The van der Waals surface area contributed by atoms with Gasteiger partial charge in [0.1, 0.15) is 11.5 Å². The normalized spacial score (nSPS) is 15.3. The van der Waals surface area contributed by atoms with Crippen LogP contribution in [0.15, 0.2) is 24.3 Å². The van der Waals surface area contributed by atoms with Crippen LogP contribution in [-0.2, 0) is 9.53 Å². The van der Waals surface area contributed by atoms with E-state index in [1.54, 1.807) is 7.11 Å². The van der Waals surface area contributed by atoms with Crippen molar-refractivity contribution in [3.63, 3.8) is 0 Å². The fourth-order valence-corrected chi connectivity index (χ4v) is 2.97. The van der Waals surface area contributed by atoms with Crippen LogP contribution < -0.4 is 9.47 Å². The molecule has 0 unspecified atom stereocenters. The summed E-state index contributed by atoms with van der Waals surface area (Å²) in [6.45, 7) is 6.09. The fourth-order valence-electron chi connectivity index (χ4n) is 2.97. The van der Waals surface area contributed by atoms with Crippen molar-refractivity contribution in [2.24, 2.45) is 5.92 Å². The van der Waals surface area contributed by atoms with E-state index in [1.165, 1.54) is 0 Å². The highest BCUT2D eigenvalue weighted by Crippen LogP contribution is 2.20. The predicted molar refractivity (Wildman–Crippen MR) is 101 cm³/mol. The largest absolute Gasteiger partial charge is 0.497 e. The molecule has 0 radical (unpaired) electrons. The van der Waals surface area contributed by atoms with Crippen LogP contribution in [0.3, 0.4) is 0 Å². The van der Waals surface area contributed by atoms with Gasteiger partial charge < -0.3 is 19.1 Å². The van der Waals surface area contributed by atoms with Gasteiger partial charge in [-0.1, -0.05) is 6.07 Å². The Morgan fingerprint density at radius 1 is 1.20 bits per heavy atom. The van der Waals surface area contributed by atoms with Gasteiger partial charge in [-0.2, -0.15) is 0 Å². The van der Waals surface area contributed by atoms with Gasteiger partial charge >= 0.3 is 5.97 Å². The minimum absolute atomic E-state index is 0. The summed E-state index contributed by atoms with van der Waals surface area (Å²) in [7, 11) is 1.66. The minimum Gasteiger partial charge on any atom is -0.497 e. The summed E-state index contributed by atoms with van der Waals surface area (Å²) in [5, 5.41) is 0. The van der Waals surface area contributed by atoms with Crippen LogP contribution in [0.1, 0.15) is 32.6 Å². The topological polar surface area (TPSA) is 48.0 Å². The lowest BCUT2D eigenvalue weighted by Crippen LogP contribution is -2.37. The molecular weight excluding hydrogens is 342 g/mol. The molecule has 0 aromatic heterocycles. The Morgan fingerprint density at radius 2 is 1.92 bits per heavy atom. The Labute approximate surface area is 157 Å². The first-order valence-corrected chi connectivity index (χ1v) is 8.88. The van der Waals surface area contributed by atoms with Crippen molar-refractivity contribution in [3.8, 4) is 11.5 Å². The number of likely N-dealkylation sites (tertiary alicyclic amines) is 1. The molecule has 0 aliphatic carbocycles. The number of esters is 1. The zero-order valence-electron chi connectivity index (χ0n) is 15.2. The number of ether oxygens (including phenoxy) is 3. The van der Waals surface area contributed by atoms with Crippen molar-refractivity contribution in [3.05, 3.63) is 24.3 Å². The SMILES string of the molecule is CCOC(=O)C1CCN(CCCCOc2cccc(OC)c2)CC1.Cl. The van der Waals surface area contributed by atoms with Crippen LogP contribution in [0, 0.1) is 5.92 Å². The standard InChI is InChI=1S/C19H29NO4.ClH/c1-3-23-19(21)16-9-12-20(13-10-16)11-4-5-14-24-18-8-6-7-17(15-18)22-2;/h6-8,15-16H,3-5,9-14H2,1-2H3;1H. The molecule has 1 aliphatic rings. The summed E-state index contributed by atoms with van der Waals surface area (Å²) >= 11 is 0. The zero-order valence-corrected chi connectivity index (χ0v) is 16.1. The van der Waals surface area contributed by atoms with E-state index >= 15 is 0 Å². The number of benzene rings is 1. The maximum absolute atomic E-state index is 11.7. The third-order valence-electron chi connectivity index (χ3n) is 4.39. The lowest BCUT2D eigenvalue weighted by molar-refractivity contribution is -0.149. The summed E-state index contributed by atoms with van der Waals surface area (Å²) in [5.74, 6) is 1.74. The smallest absolute Gasteiger partial charge is 0.309 e. The molecule has 0 N–H and O–H groups in total. The highest BCUT2D eigenvalue weighted by atomic mass is 35.5. The molecule has 6 heteroatoms. The number of methoxy groups -OCH3 is 1. The first kappa shape index (κ1) is 21.6. The highest BCUT2D eigenvalue weighted by molar-refractivity contribution is 5.85. The third kappa shape index (κ3) is 7.53. The predicted octanol–water partition coefficient (Wildman–Crippen LogP) is 3.55. The van der Waals surface area contributed by atoms with Gasteiger partial charge in [0.15, 0.2) is 0 Å². The molecule has 142 valence electrons. The number of hydrogen-bond acceptors (Lipinski definition) is 5. The molecular formula is C19H30ClNO4. The molecule has 1 fully saturated rings. The number of carbonyl (C=O) groups is 1. The van der Waals surface area contributed by atoms with E-state index in [4.69, 9.17) is 14.2 Å². The van der Waals surface area contributed by atoms with Crippen LogP contribution in [-0.4, -0.2) is 50.8 Å². The second-order valence-electron chi connectivity index (χ2n) is 6.10. The molecule has 1 aromatic rings. The molecule has 25 heavy (non-hydrogen) atoms. The lowest BCUT2D eigenvalue weighted by Gasteiger charge is -2.30. The van der Waals surface area contributed by atoms with Gasteiger partial charge in [-0.15, -0.1) is 12.4 Å². The number of halogens is 1. The molecule has 5 nitrogen and oxygen atoms in total. The summed E-state index contributed by atoms with van der Waals surface area (Å²) in [5.41, 5.74) is 0. The van der Waals surface area contributed by atoms with Gasteiger partial charge in [-0.3, -0.25) is 4.79 Å². The first-order valence-electron chi connectivity index (χ1n) is 8.88. The highest BCUT2D eigenvalue weighted by Gasteiger charge is 2.25. The maximum Gasteiger partial charge on any atom is 0.309 e. The van der Waals surface area contributed by atoms with Gasteiger partial charge in [-0.05, 0) is 64.4 Å². The van der Waals surface area contributed by atoms with E-state index in [0.29, 0.717) is 13.2 Å². The number of nitrogens with zero attached hydrogens (tertiary/aromatic N) is 1. The first-order chi connectivity index (χ1) is 11.7. The fraction of sp³-hybridized carbons (Fsp3) is 0.632. The summed E-state index contributed by atoms with van der Waals surface area (Å²) in [4.78, 5) is 14.2. The zero-order chi connectivity index (χ0) is 17.2.